The molecule has 2 aromatic heterocycles. The van der Waals surface area contributed by atoms with Crippen molar-refractivity contribution in [3.63, 3.8) is 0 Å². The Labute approximate surface area is 414 Å². The molecule has 0 saturated heterocycles. The molecule has 12 rings (SSSR count). The van der Waals surface area contributed by atoms with Gasteiger partial charge in [-0.15, -0.1) is 0 Å². The molecule has 0 amide bonds. The van der Waals surface area contributed by atoms with E-state index in [1.807, 2.05) is 43.8 Å². The molecule has 0 spiro atoms. The summed E-state index contributed by atoms with van der Waals surface area (Å²) in [6, 6.07) is 81.0. The van der Waals surface area contributed by atoms with E-state index in [1.165, 1.54) is 44.2 Å². The second-order valence-corrected chi connectivity index (χ2v) is 18.4. The van der Waals surface area contributed by atoms with Crippen LogP contribution in [0.2, 0.25) is 0 Å². The largest absolute Gasteiger partial charge is 0.456 e. The van der Waals surface area contributed by atoms with Crippen LogP contribution in [-0.4, -0.2) is 10.8 Å². The molecule has 2 heterocycles. The molecule has 0 saturated carbocycles. The van der Waals surface area contributed by atoms with Crippen LogP contribution in [-0.2, 0) is 5.75 Å². The minimum atomic E-state index is 0.886. The van der Waals surface area contributed by atoms with E-state index in [0.29, 0.717) is 0 Å². The summed E-state index contributed by atoms with van der Waals surface area (Å²) in [6.07, 6.45) is 2.16. The maximum atomic E-state index is 6.29. The number of benzene rings is 10. The molecule has 5 heteroatoms. The second-order valence-electron chi connectivity index (χ2n) is 17.6. The van der Waals surface area contributed by atoms with Gasteiger partial charge in [-0.2, -0.15) is 11.8 Å². The maximum Gasteiger partial charge on any atom is 0.135 e. The summed E-state index contributed by atoms with van der Waals surface area (Å²) in [5, 5.41) is 12.0. The van der Waals surface area contributed by atoms with Crippen LogP contribution in [0.4, 0.5) is 22.7 Å². The zero-order valence-electron chi connectivity index (χ0n) is 39.8. The van der Waals surface area contributed by atoms with Gasteiger partial charge in [-0.05, 0) is 161 Å². The SMILES string of the molecule is CC.CSCc1ccc(Nc2ccccc2)c(-c2cccc(-c3ccc4c(c3)c3cc(-c5cccc(-c6cc(C)ccc6Nc6ccccc6)c5)ccc3n4-c3ccc4oc5ccccc5c4c3)c2)c1. The third kappa shape index (κ3) is 8.61. The first kappa shape index (κ1) is 44.3. The van der Waals surface area contributed by atoms with Gasteiger partial charge in [0.15, 0.2) is 0 Å². The molecule has 0 aliphatic heterocycles. The molecule has 10 aromatic carbocycles. The summed E-state index contributed by atoms with van der Waals surface area (Å²) < 4.78 is 8.71. The van der Waals surface area contributed by atoms with Crippen molar-refractivity contribution in [3.8, 4) is 50.2 Å². The number of para-hydroxylation sites is 3. The Balaban J connectivity index is 0.00000263. The van der Waals surface area contributed by atoms with Gasteiger partial charge in [-0.25, -0.2) is 0 Å². The summed E-state index contributed by atoms with van der Waals surface area (Å²) in [5.41, 5.74) is 21.3. The Hall–Kier alpha value is -8.25. The van der Waals surface area contributed by atoms with E-state index in [0.717, 1.165) is 89.4 Å². The molecule has 70 heavy (non-hydrogen) atoms. The highest BCUT2D eigenvalue weighted by atomic mass is 32.2. The van der Waals surface area contributed by atoms with Crippen LogP contribution in [0.5, 0.6) is 0 Å². The van der Waals surface area contributed by atoms with Gasteiger partial charge < -0.3 is 19.6 Å². The molecule has 2 N–H and O–H groups in total. The number of hydrogen-bond donors (Lipinski definition) is 2. The smallest absolute Gasteiger partial charge is 0.135 e. The van der Waals surface area contributed by atoms with Crippen LogP contribution in [0, 0.1) is 6.92 Å². The lowest BCUT2D eigenvalue weighted by Crippen LogP contribution is -1.95. The van der Waals surface area contributed by atoms with Crippen molar-refractivity contribution in [2.45, 2.75) is 26.5 Å². The molecule has 0 bridgehead atoms. The molecule has 0 aliphatic rings. The highest BCUT2D eigenvalue weighted by Crippen LogP contribution is 2.41. The lowest BCUT2D eigenvalue weighted by atomic mass is 9.95. The average molecular weight is 924 g/mol. The predicted molar refractivity (Wildman–Crippen MR) is 303 cm³/mol. The summed E-state index contributed by atoms with van der Waals surface area (Å²) in [7, 11) is 0. The topological polar surface area (TPSA) is 42.1 Å². The monoisotopic (exact) mass is 923 g/mol. The van der Waals surface area contributed by atoms with Crippen LogP contribution >= 0.6 is 11.8 Å². The average Bonchev–Trinajstić information content (AvgIpc) is 3.95. The molecule has 0 atom stereocenters. The standard InChI is InChI=1S/C63H47N3OS.C2H6/c1-41-23-28-58(64-49-17-5-3-6-18-49)53(33-41)47-15-11-13-43(35-47)45-25-30-60-55(37-45)56-38-46(26-31-61(56)66(60)51-27-32-63-57(39-51)52-21-9-10-22-62(52)67-63)44-14-12-16-48(36-44)54-34-42(40-68-2)24-29-59(54)65-50-19-7-4-8-20-50;1-2/h3-39,64-65H,40H2,1-2H3;1-2H3. The third-order valence-electron chi connectivity index (χ3n) is 13.1. The minimum Gasteiger partial charge on any atom is -0.456 e. The number of fused-ring (bicyclic) bond motifs is 6. The van der Waals surface area contributed by atoms with Gasteiger partial charge in [0, 0.05) is 66.9 Å². The van der Waals surface area contributed by atoms with Crippen molar-refractivity contribution in [3.05, 3.63) is 236 Å². The molecule has 12 aromatic rings. The van der Waals surface area contributed by atoms with Crippen LogP contribution in [0.1, 0.15) is 25.0 Å². The summed E-state index contributed by atoms with van der Waals surface area (Å²) in [6.45, 7) is 6.16. The number of aromatic nitrogens is 1. The predicted octanol–water partition coefficient (Wildman–Crippen LogP) is 19.0. The van der Waals surface area contributed by atoms with Crippen LogP contribution in [0.3, 0.4) is 0 Å². The number of furan rings is 1. The second kappa shape index (κ2) is 19.4. The van der Waals surface area contributed by atoms with Crippen molar-refractivity contribution >= 4 is 78.3 Å². The quantitative estimate of drug-likeness (QED) is 0.136. The van der Waals surface area contributed by atoms with Gasteiger partial charge in [0.05, 0.1) is 11.0 Å². The molecule has 340 valence electrons. The van der Waals surface area contributed by atoms with E-state index in [-0.39, 0.29) is 0 Å². The Kier molecular flexibility index (Phi) is 12.3. The van der Waals surface area contributed by atoms with E-state index in [1.54, 1.807) is 0 Å². The molecular formula is C65H53N3OS. The number of anilines is 4. The number of nitrogens with one attached hydrogen (secondary N) is 2. The highest BCUT2D eigenvalue weighted by molar-refractivity contribution is 7.97. The Morgan fingerprint density at radius 1 is 0.414 bits per heavy atom. The van der Waals surface area contributed by atoms with Gasteiger partial charge in [-0.3, -0.25) is 0 Å². The summed E-state index contributed by atoms with van der Waals surface area (Å²) in [4.78, 5) is 0. The van der Waals surface area contributed by atoms with Gasteiger partial charge >= 0.3 is 0 Å². The van der Waals surface area contributed by atoms with E-state index in [2.05, 4.69) is 235 Å². The molecule has 0 fully saturated rings. The molecule has 4 nitrogen and oxygen atoms in total. The van der Waals surface area contributed by atoms with Crippen molar-refractivity contribution in [1.29, 1.82) is 0 Å². The van der Waals surface area contributed by atoms with E-state index in [4.69, 9.17) is 4.42 Å². The first-order valence-electron chi connectivity index (χ1n) is 24.1. The minimum absolute atomic E-state index is 0.886. The van der Waals surface area contributed by atoms with Crippen LogP contribution < -0.4 is 10.6 Å². The van der Waals surface area contributed by atoms with E-state index < -0.39 is 0 Å². The molecule has 0 aliphatic carbocycles. The van der Waals surface area contributed by atoms with E-state index >= 15 is 0 Å². The zero-order chi connectivity index (χ0) is 47.6. The first-order chi connectivity index (χ1) is 34.5. The number of hydrogen-bond acceptors (Lipinski definition) is 4. The molecule has 0 radical (unpaired) electrons. The van der Waals surface area contributed by atoms with Crippen molar-refractivity contribution in [2.24, 2.45) is 0 Å². The Bertz CT molecular complexity index is 3830. The van der Waals surface area contributed by atoms with Crippen LogP contribution in [0.15, 0.2) is 229 Å². The number of thioether (sulfide) groups is 1. The fourth-order valence-corrected chi connectivity index (χ4v) is 10.3. The highest BCUT2D eigenvalue weighted by Gasteiger charge is 2.18. The molecule has 0 unspecified atom stereocenters. The van der Waals surface area contributed by atoms with Gasteiger partial charge in [0.25, 0.3) is 0 Å². The third-order valence-corrected chi connectivity index (χ3v) is 13.7. The number of nitrogens with zero attached hydrogens (tertiary/aromatic N) is 1. The lowest BCUT2D eigenvalue weighted by Gasteiger charge is -2.15. The Morgan fingerprint density at radius 3 is 1.56 bits per heavy atom. The van der Waals surface area contributed by atoms with Crippen LogP contribution in [0.25, 0.3) is 93.9 Å². The zero-order valence-corrected chi connectivity index (χ0v) is 40.6. The summed E-state index contributed by atoms with van der Waals surface area (Å²) >= 11 is 1.84. The van der Waals surface area contributed by atoms with Crippen molar-refractivity contribution in [2.75, 3.05) is 16.9 Å². The maximum absolute atomic E-state index is 6.29. The van der Waals surface area contributed by atoms with Gasteiger partial charge in [0.2, 0.25) is 0 Å². The van der Waals surface area contributed by atoms with Crippen molar-refractivity contribution in [1.82, 2.24) is 4.57 Å². The van der Waals surface area contributed by atoms with Gasteiger partial charge in [-0.1, -0.05) is 135 Å². The Morgan fingerprint density at radius 2 is 0.943 bits per heavy atom. The van der Waals surface area contributed by atoms with E-state index in [9.17, 15) is 0 Å². The number of rotatable bonds is 11. The fourth-order valence-electron chi connectivity index (χ4n) is 9.80. The normalized spacial score (nSPS) is 11.3. The van der Waals surface area contributed by atoms with Crippen molar-refractivity contribution < 1.29 is 4.42 Å². The number of aryl methyl sites for hydroxylation is 1. The molecular weight excluding hydrogens is 871 g/mol. The summed E-state index contributed by atoms with van der Waals surface area (Å²) in [5.74, 6) is 0.952. The fraction of sp³-hybridized carbons (Fsp3) is 0.0769. The van der Waals surface area contributed by atoms with Gasteiger partial charge in [0.1, 0.15) is 11.2 Å². The first-order valence-corrected chi connectivity index (χ1v) is 25.5. The lowest BCUT2D eigenvalue weighted by molar-refractivity contribution is 0.669.